The molecule has 0 aliphatic carbocycles. The minimum atomic E-state index is -4.76. The number of alkyl halides is 3. The highest BCUT2D eigenvalue weighted by atomic mass is 31.2. The van der Waals surface area contributed by atoms with Crippen LogP contribution >= 0.6 is 7.82 Å². The number of phosphoric ester groups is 1. The summed E-state index contributed by atoms with van der Waals surface area (Å²) in [6.07, 6.45) is -7.11. The molecule has 26 heavy (non-hydrogen) atoms. The molecule has 0 bridgehead atoms. The van der Waals surface area contributed by atoms with Crippen LogP contribution in [-0.4, -0.2) is 12.3 Å². The molecule has 0 aliphatic heterocycles. The predicted octanol–water partition coefficient (Wildman–Crippen LogP) is 6.25. The standard InChI is InChI=1S/C18H20F3O4P/c1-17(2,3)16(18(19,20)21)25-26(22,23-14-10-6-4-7-11-14)24-15-12-8-5-9-13-15/h4-13,16H,1-3H3/t16-/m1/s1. The van der Waals surface area contributed by atoms with Gasteiger partial charge in [0.15, 0.2) is 6.10 Å². The second-order valence-electron chi connectivity index (χ2n) is 6.65. The minimum absolute atomic E-state index is 0.0709. The minimum Gasteiger partial charge on any atom is -0.395 e. The molecular formula is C18H20F3O4P. The highest BCUT2D eigenvalue weighted by molar-refractivity contribution is 7.49. The van der Waals surface area contributed by atoms with Crippen LogP contribution in [0, 0.1) is 5.41 Å². The second-order valence-corrected chi connectivity index (χ2v) is 8.12. The Bertz CT molecular complexity index is 683. The van der Waals surface area contributed by atoms with Gasteiger partial charge in [0.25, 0.3) is 0 Å². The van der Waals surface area contributed by atoms with Gasteiger partial charge in [0, 0.05) is 0 Å². The van der Waals surface area contributed by atoms with E-state index in [0.717, 1.165) is 0 Å². The topological polar surface area (TPSA) is 44.8 Å². The molecular weight excluding hydrogens is 368 g/mol. The molecule has 0 N–H and O–H groups in total. The lowest BCUT2D eigenvalue weighted by molar-refractivity contribution is -0.225. The monoisotopic (exact) mass is 388 g/mol. The first-order valence-corrected chi connectivity index (χ1v) is 9.30. The Morgan fingerprint density at radius 3 is 1.50 bits per heavy atom. The summed E-state index contributed by atoms with van der Waals surface area (Å²) in [6.45, 7) is 4.00. The van der Waals surface area contributed by atoms with Crippen molar-refractivity contribution < 1.29 is 31.3 Å². The molecule has 142 valence electrons. The number of para-hydroxylation sites is 2. The van der Waals surface area contributed by atoms with Gasteiger partial charge in [-0.1, -0.05) is 57.2 Å². The number of hydrogen-bond donors (Lipinski definition) is 0. The highest BCUT2D eigenvalue weighted by Crippen LogP contribution is 2.54. The summed E-state index contributed by atoms with van der Waals surface area (Å²) < 4.78 is 68.9. The van der Waals surface area contributed by atoms with E-state index in [4.69, 9.17) is 13.6 Å². The van der Waals surface area contributed by atoms with Crippen molar-refractivity contribution in [1.29, 1.82) is 0 Å². The first kappa shape index (κ1) is 20.3. The zero-order valence-electron chi connectivity index (χ0n) is 14.6. The lowest BCUT2D eigenvalue weighted by atomic mass is 9.89. The molecule has 0 aliphatic rings. The third kappa shape index (κ3) is 5.78. The average Bonchev–Trinajstić information content (AvgIpc) is 2.52. The highest BCUT2D eigenvalue weighted by Gasteiger charge is 2.53. The van der Waals surface area contributed by atoms with Crippen molar-refractivity contribution in [2.75, 3.05) is 0 Å². The summed E-state index contributed by atoms with van der Waals surface area (Å²) in [4.78, 5) is 0. The molecule has 0 radical (unpaired) electrons. The van der Waals surface area contributed by atoms with Gasteiger partial charge in [0.2, 0.25) is 0 Å². The molecule has 2 rings (SSSR count). The Hall–Kier alpha value is -1.98. The maximum Gasteiger partial charge on any atom is 0.588 e. The van der Waals surface area contributed by atoms with Crippen LogP contribution in [0.1, 0.15) is 20.8 Å². The lowest BCUT2D eigenvalue weighted by Gasteiger charge is -2.33. The SMILES string of the molecule is CC(C)(C)[C@@H](OP(=O)(Oc1ccccc1)Oc1ccccc1)C(F)(F)F. The van der Waals surface area contributed by atoms with Gasteiger partial charge in [0.1, 0.15) is 11.5 Å². The quantitative estimate of drug-likeness (QED) is 0.549. The molecule has 0 saturated carbocycles. The van der Waals surface area contributed by atoms with E-state index in [1.165, 1.54) is 45.0 Å². The summed E-state index contributed by atoms with van der Waals surface area (Å²) in [7, 11) is -4.63. The van der Waals surface area contributed by atoms with Crippen molar-refractivity contribution in [2.45, 2.75) is 33.1 Å². The molecule has 0 fully saturated rings. The van der Waals surface area contributed by atoms with Gasteiger partial charge in [-0.25, -0.2) is 4.57 Å². The van der Waals surface area contributed by atoms with E-state index >= 15 is 0 Å². The van der Waals surface area contributed by atoms with Gasteiger partial charge >= 0.3 is 14.0 Å². The number of hydrogen-bond acceptors (Lipinski definition) is 4. The summed E-state index contributed by atoms with van der Waals surface area (Å²) in [5.41, 5.74) is -1.38. The Kier molecular flexibility index (Phi) is 6.04. The number of phosphoric acid groups is 1. The first-order valence-electron chi connectivity index (χ1n) is 7.84. The van der Waals surface area contributed by atoms with Gasteiger partial charge in [-0.15, -0.1) is 0 Å². The number of halogens is 3. The number of benzene rings is 2. The smallest absolute Gasteiger partial charge is 0.395 e. The third-order valence-corrected chi connectivity index (χ3v) is 4.58. The van der Waals surface area contributed by atoms with Crippen LogP contribution in [0.4, 0.5) is 13.2 Å². The molecule has 0 saturated heterocycles. The molecule has 0 spiro atoms. The molecule has 0 unspecified atom stereocenters. The van der Waals surface area contributed by atoms with Gasteiger partial charge < -0.3 is 9.05 Å². The van der Waals surface area contributed by atoms with Crippen molar-refractivity contribution in [1.82, 2.24) is 0 Å². The van der Waals surface area contributed by atoms with E-state index in [0.29, 0.717) is 0 Å². The Morgan fingerprint density at radius 2 is 1.19 bits per heavy atom. The third-order valence-electron chi connectivity index (χ3n) is 3.24. The van der Waals surface area contributed by atoms with Crippen molar-refractivity contribution in [3.63, 3.8) is 0 Å². The van der Waals surface area contributed by atoms with Crippen molar-refractivity contribution in [2.24, 2.45) is 5.41 Å². The summed E-state index contributed by atoms with van der Waals surface area (Å²) in [6, 6.07) is 15.5. The van der Waals surface area contributed by atoms with Crippen molar-refractivity contribution in [3.05, 3.63) is 60.7 Å². The van der Waals surface area contributed by atoms with Crippen LogP contribution in [-0.2, 0) is 9.09 Å². The van der Waals surface area contributed by atoms with Gasteiger partial charge in [-0.3, -0.25) is 4.52 Å². The van der Waals surface area contributed by atoms with Gasteiger partial charge in [-0.2, -0.15) is 13.2 Å². The molecule has 0 aromatic heterocycles. The van der Waals surface area contributed by atoms with Crippen LogP contribution in [0.2, 0.25) is 0 Å². The first-order chi connectivity index (χ1) is 12.0. The van der Waals surface area contributed by atoms with Gasteiger partial charge in [0.05, 0.1) is 0 Å². The zero-order valence-corrected chi connectivity index (χ0v) is 15.5. The van der Waals surface area contributed by atoms with E-state index in [2.05, 4.69) is 0 Å². The van der Waals surface area contributed by atoms with Crippen LogP contribution in [0.25, 0.3) is 0 Å². The molecule has 2 aromatic carbocycles. The summed E-state index contributed by atoms with van der Waals surface area (Å²) in [5.74, 6) is 0.142. The van der Waals surface area contributed by atoms with Crippen molar-refractivity contribution in [3.8, 4) is 11.5 Å². The van der Waals surface area contributed by atoms with Crippen LogP contribution in [0.3, 0.4) is 0 Å². The molecule has 1 atom stereocenters. The summed E-state index contributed by atoms with van der Waals surface area (Å²) in [5, 5.41) is 0. The van der Waals surface area contributed by atoms with Gasteiger partial charge in [-0.05, 0) is 29.7 Å². The van der Waals surface area contributed by atoms with E-state index in [9.17, 15) is 17.7 Å². The number of rotatable bonds is 6. The Labute approximate surface area is 150 Å². The molecule has 0 heterocycles. The normalized spacial score (nSPS) is 13.9. The molecule has 4 nitrogen and oxygen atoms in total. The average molecular weight is 388 g/mol. The van der Waals surface area contributed by atoms with Crippen LogP contribution in [0.15, 0.2) is 60.7 Å². The van der Waals surface area contributed by atoms with E-state index in [-0.39, 0.29) is 11.5 Å². The summed E-state index contributed by atoms with van der Waals surface area (Å²) >= 11 is 0. The Morgan fingerprint density at radius 1 is 0.808 bits per heavy atom. The maximum absolute atomic E-state index is 13.5. The largest absolute Gasteiger partial charge is 0.588 e. The van der Waals surface area contributed by atoms with Crippen molar-refractivity contribution >= 4 is 7.82 Å². The molecule has 8 heteroatoms. The van der Waals surface area contributed by atoms with E-state index in [1.54, 1.807) is 36.4 Å². The second kappa shape index (κ2) is 7.72. The van der Waals surface area contributed by atoms with Crippen LogP contribution < -0.4 is 9.05 Å². The fourth-order valence-electron chi connectivity index (χ4n) is 2.12. The predicted molar refractivity (Wildman–Crippen MR) is 92.1 cm³/mol. The fraction of sp³-hybridized carbons (Fsp3) is 0.333. The zero-order chi connectivity index (χ0) is 19.4. The molecule has 2 aromatic rings. The van der Waals surface area contributed by atoms with E-state index < -0.39 is 25.5 Å². The maximum atomic E-state index is 13.5. The van der Waals surface area contributed by atoms with E-state index in [1.807, 2.05) is 0 Å². The fourth-order valence-corrected chi connectivity index (χ4v) is 3.70. The molecule has 0 amide bonds. The Balaban J connectivity index is 2.37. The van der Waals surface area contributed by atoms with Crippen LogP contribution in [0.5, 0.6) is 11.5 Å². The lowest BCUT2D eigenvalue weighted by Crippen LogP contribution is -2.42.